The minimum Gasteiger partial charge on any atom is -0.456 e. The molecule has 1 aromatic rings. The summed E-state index contributed by atoms with van der Waals surface area (Å²) in [5.41, 5.74) is 0.290. The van der Waals surface area contributed by atoms with Gasteiger partial charge in [-0.15, -0.1) is 0 Å². The second kappa shape index (κ2) is 9.98. The lowest BCUT2D eigenvalue weighted by molar-refractivity contribution is -0.259. The maximum Gasteiger partial charge on any atom is 0.303 e. The fourth-order valence-corrected chi connectivity index (χ4v) is 3.77. The summed E-state index contributed by atoms with van der Waals surface area (Å²) in [6.45, 7) is 2.16. The largest absolute Gasteiger partial charge is 0.456 e. The number of carbonyl (C=O) groups excluding carboxylic acids is 3. The van der Waals surface area contributed by atoms with Gasteiger partial charge < -0.3 is 24.3 Å². The number of methoxy groups -OCH3 is 1. The predicted octanol–water partition coefficient (Wildman–Crippen LogP) is -0.0925. The van der Waals surface area contributed by atoms with Gasteiger partial charge in [-0.2, -0.15) is 8.42 Å². The SMILES string of the molecule is CO[C@H]1O[C@H](CS(=O)(=O)O)[C@@H](OC(C)=O)[C@H](OC(C)=O)[C@H]1NC(=O)c1ccccc1. The van der Waals surface area contributed by atoms with Crippen molar-refractivity contribution < 1.29 is 46.3 Å². The minimum absolute atomic E-state index is 0.290. The smallest absolute Gasteiger partial charge is 0.303 e. The van der Waals surface area contributed by atoms with E-state index in [0.29, 0.717) is 0 Å². The van der Waals surface area contributed by atoms with E-state index >= 15 is 0 Å². The molecule has 1 aliphatic heterocycles. The first-order valence-corrected chi connectivity index (χ1v) is 10.5. The summed E-state index contributed by atoms with van der Waals surface area (Å²) in [5, 5.41) is 2.61. The highest BCUT2D eigenvalue weighted by atomic mass is 32.2. The Morgan fingerprint density at radius 1 is 1.07 bits per heavy atom. The van der Waals surface area contributed by atoms with Gasteiger partial charge in [-0.1, -0.05) is 18.2 Å². The number of benzene rings is 1. The summed E-state index contributed by atoms with van der Waals surface area (Å²) in [5.74, 6) is -3.11. The van der Waals surface area contributed by atoms with E-state index in [9.17, 15) is 27.4 Å². The molecule has 1 fully saturated rings. The van der Waals surface area contributed by atoms with E-state index in [4.69, 9.17) is 18.9 Å². The second-order valence-electron chi connectivity index (χ2n) is 6.54. The summed E-state index contributed by atoms with van der Waals surface area (Å²) in [6.07, 6.45) is -5.51. The van der Waals surface area contributed by atoms with Crippen LogP contribution in [0.1, 0.15) is 24.2 Å². The van der Waals surface area contributed by atoms with Crippen molar-refractivity contribution in [3.63, 3.8) is 0 Å². The quantitative estimate of drug-likeness (QED) is 0.430. The van der Waals surface area contributed by atoms with Crippen LogP contribution in [0.4, 0.5) is 0 Å². The number of amides is 1. The highest BCUT2D eigenvalue weighted by Gasteiger charge is 2.51. The highest BCUT2D eigenvalue weighted by molar-refractivity contribution is 7.85. The predicted molar refractivity (Wildman–Crippen MR) is 101 cm³/mol. The number of esters is 2. The molecule has 12 heteroatoms. The monoisotopic (exact) mass is 445 g/mol. The molecule has 1 heterocycles. The molecule has 11 nitrogen and oxygen atoms in total. The lowest BCUT2D eigenvalue weighted by Crippen LogP contribution is -2.66. The average Bonchev–Trinajstić information content (AvgIpc) is 2.65. The van der Waals surface area contributed by atoms with Crippen molar-refractivity contribution in [1.82, 2.24) is 5.32 Å². The van der Waals surface area contributed by atoms with Crippen molar-refractivity contribution >= 4 is 28.0 Å². The van der Waals surface area contributed by atoms with Crippen molar-refractivity contribution in [2.75, 3.05) is 12.9 Å². The third-order valence-corrected chi connectivity index (χ3v) is 4.94. The second-order valence-corrected chi connectivity index (χ2v) is 8.04. The maximum absolute atomic E-state index is 12.6. The van der Waals surface area contributed by atoms with Crippen LogP contribution in [-0.2, 0) is 38.7 Å². The summed E-state index contributed by atoms with van der Waals surface area (Å²) < 4.78 is 53.2. The number of ether oxygens (including phenoxy) is 4. The molecule has 1 saturated heterocycles. The normalized spacial score (nSPS) is 26.5. The van der Waals surface area contributed by atoms with E-state index in [0.717, 1.165) is 13.8 Å². The van der Waals surface area contributed by atoms with E-state index in [1.54, 1.807) is 30.3 Å². The van der Waals surface area contributed by atoms with Crippen LogP contribution in [0.15, 0.2) is 30.3 Å². The Bertz CT molecular complexity index is 872. The van der Waals surface area contributed by atoms with Gasteiger partial charge in [0.2, 0.25) is 0 Å². The molecule has 0 bridgehead atoms. The first-order valence-electron chi connectivity index (χ1n) is 8.85. The summed E-state index contributed by atoms with van der Waals surface area (Å²) in [7, 11) is -3.33. The first kappa shape index (κ1) is 23.7. The van der Waals surface area contributed by atoms with Crippen molar-refractivity contribution in [3.05, 3.63) is 35.9 Å². The van der Waals surface area contributed by atoms with Crippen LogP contribution in [0.2, 0.25) is 0 Å². The first-order chi connectivity index (χ1) is 14.0. The molecule has 0 aliphatic carbocycles. The molecule has 2 N–H and O–H groups in total. The van der Waals surface area contributed by atoms with Gasteiger partial charge in [0.1, 0.15) is 17.9 Å². The van der Waals surface area contributed by atoms with Gasteiger partial charge in [0.25, 0.3) is 16.0 Å². The number of carbonyl (C=O) groups is 3. The van der Waals surface area contributed by atoms with Crippen LogP contribution >= 0.6 is 0 Å². The Hall–Kier alpha value is -2.54. The maximum atomic E-state index is 12.6. The number of hydrogen-bond donors (Lipinski definition) is 2. The van der Waals surface area contributed by atoms with Crippen LogP contribution in [0, 0.1) is 0 Å². The van der Waals surface area contributed by atoms with Gasteiger partial charge in [0.05, 0.1) is 0 Å². The van der Waals surface area contributed by atoms with Gasteiger partial charge in [-0.25, -0.2) is 0 Å². The third-order valence-electron chi connectivity index (χ3n) is 4.19. The summed E-state index contributed by atoms with van der Waals surface area (Å²) in [6, 6.07) is 6.95. The third kappa shape index (κ3) is 6.49. The summed E-state index contributed by atoms with van der Waals surface area (Å²) >= 11 is 0. The van der Waals surface area contributed by atoms with Crippen molar-refractivity contribution in [2.24, 2.45) is 0 Å². The lowest BCUT2D eigenvalue weighted by atomic mass is 9.96. The number of nitrogens with one attached hydrogen (secondary N) is 1. The summed E-state index contributed by atoms with van der Waals surface area (Å²) in [4.78, 5) is 36.0. The molecule has 166 valence electrons. The Kier molecular flexibility index (Phi) is 7.89. The van der Waals surface area contributed by atoms with E-state index < -0.39 is 64.4 Å². The van der Waals surface area contributed by atoms with E-state index in [1.807, 2.05) is 0 Å². The number of hydrogen-bond acceptors (Lipinski definition) is 9. The number of rotatable bonds is 7. The van der Waals surface area contributed by atoms with Crippen LogP contribution in [-0.4, -0.2) is 74.3 Å². The molecule has 2 rings (SSSR count). The molecule has 0 radical (unpaired) electrons. The average molecular weight is 445 g/mol. The van der Waals surface area contributed by atoms with E-state index in [-0.39, 0.29) is 5.56 Å². The van der Waals surface area contributed by atoms with Crippen LogP contribution in [0.25, 0.3) is 0 Å². The molecule has 1 aromatic carbocycles. The molecular weight excluding hydrogens is 422 g/mol. The van der Waals surface area contributed by atoms with Crippen molar-refractivity contribution in [3.8, 4) is 0 Å². The van der Waals surface area contributed by atoms with Crippen LogP contribution in [0.5, 0.6) is 0 Å². The van der Waals surface area contributed by atoms with E-state index in [1.165, 1.54) is 7.11 Å². The molecule has 1 aliphatic rings. The molecule has 0 spiro atoms. The van der Waals surface area contributed by atoms with Crippen molar-refractivity contribution in [1.29, 1.82) is 0 Å². The highest BCUT2D eigenvalue weighted by Crippen LogP contribution is 2.28. The fraction of sp³-hybridized carbons (Fsp3) is 0.500. The Morgan fingerprint density at radius 2 is 1.63 bits per heavy atom. The molecule has 30 heavy (non-hydrogen) atoms. The standard InChI is InChI=1S/C18H23NO10S/c1-10(20)27-15-13(9-30(23,24)25)29-18(26-3)14(16(15)28-11(2)21)19-17(22)12-7-5-4-6-8-12/h4-8,13-16,18H,9H2,1-3H3,(H,19,22)(H,23,24,25)/t13-,14-,15-,16-,18+/m1/s1. The molecule has 0 aromatic heterocycles. The van der Waals surface area contributed by atoms with E-state index in [2.05, 4.69) is 5.32 Å². The zero-order valence-electron chi connectivity index (χ0n) is 16.5. The zero-order chi connectivity index (χ0) is 22.5. The van der Waals surface area contributed by atoms with Gasteiger partial charge in [0, 0.05) is 26.5 Å². The molecule has 1 amide bonds. The molecule has 0 saturated carbocycles. The van der Waals surface area contributed by atoms with Crippen LogP contribution < -0.4 is 5.32 Å². The Morgan fingerprint density at radius 3 is 2.13 bits per heavy atom. The van der Waals surface area contributed by atoms with Gasteiger partial charge >= 0.3 is 11.9 Å². The zero-order valence-corrected chi connectivity index (χ0v) is 17.3. The Balaban J connectivity index is 2.42. The van der Waals surface area contributed by atoms with Gasteiger partial charge in [0.15, 0.2) is 18.5 Å². The topological polar surface area (TPSA) is 155 Å². The molecule has 0 unspecified atom stereocenters. The van der Waals surface area contributed by atoms with Gasteiger partial charge in [-0.3, -0.25) is 18.9 Å². The Labute approximate surface area is 173 Å². The van der Waals surface area contributed by atoms with Gasteiger partial charge in [-0.05, 0) is 12.1 Å². The molecule has 5 atom stereocenters. The van der Waals surface area contributed by atoms with Crippen molar-refractivity contribution in [2.45, 2.75) is 44.5 Å². The molecular formula is C18H23NO10S. The lowest BCUT2D eigenvalue weighted by Gasteiger charge is -2.44. The fourth-order valence-electron chi connectivity index (χ4n) is 3.09. The van der Waals surface area contributed by atoms with Crippen LogP contribution in [0.3, 0.4) is 0 Å². The minimum atomic E-state index is -4.56.